The molecule has 3 heterocycles. The van der Waals surface area contributed by atoms with E-state index in [9.17, 15) is 0 Å². The van der Waals surface area contributed by atoms with Crippen molar-refractivity contribution in [1.29, 1.82) is 0 Å². The van der Waals surface area contributed by atoms with E-state index in [0.717, 1.165) is 30.2 Å². The van der Waals surface area contributed by atoms with Crippen LogP contribution >= 0.6 is 0 Å². The van der Waals surface area contributed by atoms with Crippen LogP contribution in [0.5, 0.6) is 0 Å². The van der Waals surface area contributed by atoms with E-state index >= 15 is 0 Å². The zero-order valence-electron chi connectivity index (χ0n) is 17.8. The van der Waals surface area contributed by atoms with Crippen molar-refractivity contribution in [3.8, 4) is 0 Å². The molecule has 2 fully saturated rings. The van der Waals surface area contributed by atoms with Crippen LogP contribution in [0.4, 0.5) is 5.82 Å². The van der Waals surface area contributed by atoms with Crippen LogP contribution in [-0.2, 0) is 0 Å². The first-order valence-corrected chi connectivity index (χ1v) is 10.8. The molecule has 0 atom stereocenters. The molecule has 0 radical (unpaired) electrons. The topological polar surface area (TPSA) is 72.0 Å². The molecule has 1 aliphatic carbocycles. The lowest BCUT2D eigenvalue weighted by Gasteiger charge is -2.39. The zero-order valence-corrected chi connectivity index (χ0v) is 17.8. The second kappa shape index (κ2) is 10.6. The maximum absolute atomic E-state index is 6.04. The van der Waals surface area contributed by atoms with E-state index in [1.54, 1.807) is 6.33 Å². The minimum Gasteiger partial charge on any atom is -0.383 e. The average molecular weight is 375 g/mol. The van der Waals surface area contributed by atoms with Crippen LogP contribution in [0.2, 0.25) is 0 Å². The number of nitrogens with zero attached hydrogens (tertiary/aromatic N) is 4. The minimum absolute atomic E-state index is 0.541. The van der Waals surface area contributed by atoms with Gasteiger partial charge < -0.3 is 15.6 Å². The molecule has 1 saturated heterocycles. The minimum atomic E-state index is 0.541. The molecule has 4 rings (SSSR count). The summed E-state index contributed by atoms with van der Waals surface area (Å²) in [6, 6.07) is 1.30. The largest absolute Gasteiger partial charge is 0.383 e. The van der Waals surface area contributed by atoms with E-state index in [1.165, 1.54) is 44.3 Å². The highest BCUT2D eigenvalue weighted by molar-refractivity contribution is 5.89. The molecule has 2 aromatic rings. The third-order valence-electron chi connectivity index (χ3n) is 5.56. The summed E-state index contributed by atoms with van der Waals surface area (Å²) in [5.41, 5.74) is 8.23. The van der Waals surface area contributed by atoms with Crippen LogP contribution in [-0.4, -0.2) is 51.7 Å². The van der Waals surface area contributed by atoms with E-state index < -0.39 is 0 Å². The summed E-state index contributed by atoms with van der Waals surface area (Å²) in [6.45, 7) is 14.8. The number of fused-ring (bicyclic) bond motifs is 1. The fraction of sp³-hybridized carbons (Fsp3) is 0.714. The molecule has 1 saturated carbocycles. The first-order chi connectivity index (χ1) is 13.2. The number of nitrogens with two attached hydrogens (primary N) is 1. The molecule has 0 bridgehead atoms. The normalized spacial score (nSPS) is 23.1. The summed E-state index contributed by atoms with van der Waals surface area (Å²) in [5, 5.41) is 4.47. The molecule has 0 aromatic carbocycles. The Balaban J connectivity index is 0.000000614. The van der Waals surface area contributed by atoms with Gasteiger partial charge >= 0.3 is 0 Å². The van der Waals surface area contributed by atoms with Crippen molar-refractivity contribution in [2.45, 2.75) is 72.4 Å². The number of nitrogens with one attached hydrogen (secondary N) is 1. The predicted octanol–water partition coefficient (Wildman–Crippen LogP) is 3.76. The average Bonchev–Trinajstić information content (AvgIpc) is 3.10. The Morgan fingerprint density at radius 2 is 1.56 bits per heavy atom. The quantitative estimate of drug-likeness (QED) is 0.837. The van der Waals surface area contributed by atoms with Crippen molar-refractivity contribution >= 4 is 16.9 Å². The van der Waals surface area contributed by atoms with Gasteiger partial charge in [0.05, 0.1) is 5.39 Å². The third-order valence-corrected chi connectivity index (χ3v) is 5.56. The van der Waals surface area contributed by atoms with Crippen LogP contribution in [0.3, 0.4) is 0 Å². The van der Waals surface area contributed by atoms with E-state index in [1.807, 2.05) is 27.7 Å². The fourth-order valence-electron chi connectivity index (χ4n) is 4.33. The highest BCUT2D eigenvalue weighted by Gasteiger charge is 2.28. The number of hydrogen-bond donors (Lipinski definition) is 2. The molecular weight excluding hydrogens is 336 g/mol. The van der Waals surface area contributed by atoms with Gasteiger partial charge in [0.1, 0.15) is 17.8 Å². The molecular formula is C21H38N6. The molecule has 0 spiro atoms. The smallest absolute Gasteiger partial charge is 0.145 e. The molecule has 6 heteroatoms. The monoisotopic (exact) mass is 374 g/mol. The highest BCUT2D eigenvalue weighted by atomic mass is 15.2. The Kier molecular flexibility index (Phi) is 8.51. The SMILES string of the molecule is CC.CC.Cc1cn(C2CCC(N3CCNCC3)CC2)c2ncnc(N)c12. The second-order valence-corrected chi connectivity index (χ2v) is 6.93. The summed E-state index contributed by atoms with van der Waals surface area (Å²) in [7, 11) is 0. The van der Waals surface area contributed by atoms with Gasteiger partial charge in [0.2, 0.25) is 0 Å². The number of aryl methyl sites for hydroxylation is 1. The lowest BCUT2D eigenvalue weighted by atomic mass is 9.89. The Morgan fingerprint density at radius 1 is 0.963 bits per heavy atom. The maximum Gasteiger partial charge on any atom is 0.145 e. The van der Waals surface area contributed by atoms with Gasteiger partial charge in [-0.15, -0.1) is 0 Å². The Morgan fingerprint density at radius 3 is 2.19 bits per heavy atom. The maximum atomic E-state index is 6.04. The first-order valence-electron chi connectivity index (χ1n) is 10.8. The second-order valence-electron chi connectivity index (χ2n) is 6.93. The van der Waals surface area contributed by atoms with Gasteiger partial charge in [-0.1, -0.05) is 27.7 Å². The molecule has 27 heavy (non-hydrogen) atoms. The summed E-state index contributed by atoms with van der Waals surface area (Å²) in [6.07, 6.45) is 8.81. The van der Waals surface area contributed by atoms with Gasteiger partial charge in [-0.25, -0.2) is 9.97 Å². The molecule has 0 unspecified atom stereocenters. The zero-order chi connectivity index (χ0) is 19.8. The highest BCUT2D eigenvalue weighted by Crippen LogP contribution is 2.35. The standard InChI is InChI=1S/C17H26N6.2C2H6/c1-12-10-23(17-15(12)16(18)20-11-21-17)14-4-2-13(3-5-14)22-8-6-19-7-9-22;2*1-2/h10-11,13-14,19H,2-9H2,1H3,(H2,18,20,21);2*1-2H3. The molecule has 1 aliphatic heterocycles. The van der Waals surface area contributed by atoms with Gasteiger partial charge in [-0.05, 0) is 38.2 Å². The first kappa shape index (κ1) is 21.6. The fourth-order valence-corrected chi connectivity index (χ4v) is 4.33. The van der Waals surface area contributed by atoms with Crippen molar-refractivity contribution in [3.63, 3.8) is 0 Å². The number of hydrogen-bond acceptors (Lipinski definition) is 5. The Bertz CT molecular complexity index is 681. The molecule has 0 amide bonds. The summed E-state index contributed by atoms with van der Waals surface area (Å²) < 4.78 is 2.34. The van der Waals surface area contributed by atoms with Gasteiger partial charge in [0.15, 0.2) is 0 Å². The Hall–Kier alpha value is -1.66. The summed E-state index contributed by atoms with van der Waals surface area (Å²) >= 11 is 0. The van der Waals surface area contributed by atoms with Crippen LogP contribution in [0, 0.1) is 6.92 Å². The predicted molar refractivity (Wildman–Crippen MR) is 115 cm³/mol. The van der Waals surface area contributed by atoms with Crippen LogP contribution in [0.15, 0.2) is 12.5 Å². The molecule has 2 aliphatic rings. The molecule has 3 N–H and O–H groups in total. The summed E-state index contributed by atoms with van der Waals surface area (Å²) in [5.74, 6) is 0.598. The van der Waals surface area contributed by atoms with Crippen molar-refractivity contribution < 1.29 is 0 Å². The van der Waals surface area contributed by atoms with Crippen LogP contribution < -0.4 is 11.1 Å². The van der Waals surface area contributed by atoms with E-state index in [0.29, 0.717) is 11.9 Å². The van der Waals surface area contributed by atoms with Gasteiger partial charge in [0, 0.05) is 44.5 Å². The van der Waals surface area contributed by atoms with Crippen LogP contribution in [0.25, 0.3) is 11.0 Å². The van der Waals surface area contributed by atoms with Crippen molar-refractivity contribution in [3.05, 3.63) is 18.1 Å². The lowest BCUT2D eigenvalue weighted by Crippen LogP contribution is -2.49. The number of rotatable bonds is 2. The number of nitrogen functional groups attached to an aromatic ring is 1. The van der Waals surface area contributed by atoms with Crippen LogP contribution in [0.1, 0.15) is 65.0 Å². The van der Waals surface area contributed by atoms with Crippen molar-refractivity contribution in [2.75, 3.05) is 31.9 Å². The van der Waals surface area contributed by atoms with Crippen molar-refractivity contribution in [1.82, 2.24) is 24.8 Å². The van der Waals surface area contributed by atoms with Gasteiger partial charge in [0.25, 0.3) is 0 Å². The number of piperazine rings is 1. The Labute approximate surface area is 164 Å². The molecule has 2 aromatic heterocycles. The van der Waals surface area contributed by atoms with Gasteiger partial charge in [-0.2, -0.15) is 0 Å². The van der Waals surface area contributed by atoms with E-state index in [4.69, 9.17) is 5.73 Å². The number of aromatic nitrogens is 3. The van der Waals surface area contributed by atoms with Gasteiger partial charge in [-0.3, -0.25) is 4.90 Å². The van der Waals surface area contributed by atoms with E-state index in [2.05, 4.69) is 37.9 Å². The number of anilines is 1. The van der Waals surface area contributed by atoms with E-state index in [-0.39, 0.29) is 0 Å². The summed E-state index contributed by atoms with van der Waals surface area (Å²) in [4.78, 5) is 11.3. The molecule has 152 valence electrons. The van der Waals surface area contributed by atoms with Crippen molar-refractivity contribution in [2.24, 2.45) is 0 Å². The lowest BCUT2D eigenvalue weighted by molar-refractivity contribution is 0.124. The molecule has 6 nitrogen and oxygen atoms in total. The third kappa shape index (κ3) is 4.79.